The Balaban J connectivity index is 2.37. The van der Waals surface area contributed by atoms with Gasteiger partial charge in [0, 0.05) is 25.7 Å². The summed E-state index contributed by atoms with van der Waals surface area (Å²) in [6.45, 7) is 13.8. The van der Waals surface area contributed by atoms with Crippen LogP contribution in [0.5, 0.6) is 0 Å². The number of nitrogens with one attached hydrogen (secondary N) is 3. The summed E-state index contributed by atoms with van der Waals surface area (Å²) in [6, 6.07) is 0.279. The maximum atomic E-state index is 12.2. The van der Waals surface area contributed by atoms with Gasteiger partial charge in [-0.1, -0.05) is 13.8 Å². The van der Waals surface area contributed by atoms with Gasteiger partial charge in [-0.25, -0.2) is 13.1 Å². The van der Waals surface area contributed by atoms with Crippen LogP contribution < -0.4 is 15.4 Å². The standard InChI is InChI=1S/C20H43N5O3S/c1-5-21-20(24-18(4)11-10-14-25(6-2)7-3)22-13-16-29(26,27)23-17-19-12-8-9-15-28-19/h18-19,23H,5-17H2,1-4H3,(H2,21,22,24). The van der Waals surface area contributed by atoms with Gasteiger partial charge in [-0.05, 0) is 65.6 Å². The normalized spacial score (nSPS) is 19.3. The maximum Gasteiger partial charge on any atom is 0.213 e. The molecule has 0 aliphatic carbocycles. The number of hydrogen-bond acceptors (Lipinski definition) is 5. The zero-order valence-electron chi connectivity index (χ0n) is 18.9. The third kappa shape index (κ3) is 12.4. The van der Waals surface area contributed by atoms with Gasteiger partial charge in [-0.15, -0.1) is 0 Å². The smallest absolute Gasteiger partial charge is 0.213 e. The second-order valence-electron chi connectivity index (χ2n) is 7.63. The number of guanidine groups is 1. The molecule has 1 rings (SSSR count). The second kappa shape index (κ2) is 15.0. The molecule has 1 aliphatic heterocycles. The summed E-state index contributed by atoms with van der Waals surface area (Å²) < 4.78 is 32.7. The second-order valence-corrected chi connectivity index (χ2v) is 9.56. The van der Waals surface area contributed by atoms with E-state index in [9.17, 15) is 8.42 Å². The molecule has 2 unspecified atom stereocenters. The molecule has 0 aromatic heterocycles. The maximum absolute atomic E-state index is 12.2. The number of rotatable bonds is 14. The van der Waals surface area contributed by atoms with Crippen molar-refractivity contribution in [1.82, 2.24) is 20.3 Å². The molecule has 0 bridgehead atoms. The van der Waals surface area contributed by atoms with Gasteiger partial charge >= 0.3 is 0 Å². The minimum Gasteiger partial charge on any atom is -0.377 e. The molecule has 0 aromatic carbocycles. The Morgan fingerprint density at radius 1 is 1.24 bits per heavy atom. The lowest BCUT2D eigenvalue weighted by atomic mass is 10.1. The van der Waals surface area contributed by atoms with Crippen LogP contribution in [0.4, 0.5) is 0 Å². The molecule has 0 aromatic rings. The van der Waals surface area contributed by atoms with Crippen LogP contribution in [-0.4, -0.2) is 83.1 Å². The first kappa shape index (κ1) is 26.1. The van der Waals surface area contributed by atoms with E-state index < -0.39 is 10.0 Å². The van der Waals surface area contributed by atoms with Gasteiger partial charge in [0.05, 0.1) is 18.4 Å². The van der Waals surface area contributed by atoms with Crippen molar-refractivity contribution >= 4 is 16.0 Å². The van der Waals surface area contributed by atoms with Crippen LogP contribution in [0.3, 0.4) is 0 Å². The topological polar surface area (TPSA) is 95.1 Å². The first-order chi connectivity index (χ1) is 13.9. The van der Waals surface area contributed by atoms with Gasteiger partial charge in [-0.2, -0.15) is 0 Å². The third-order valence-electron chi connectivity index (χ3n) is 5.17. The average Bonchev–Trinajstić information content (AvgIpc) is 2.70. The molecule has 0 saturated carbocycles. The van der Waals surface area contributed by atoms with Gasteiger partial charge < -0.3 is 20.3 Å². The Bertz CT molecular complexity index is 546. The first-order valence-electron chi connectivity index (χ1n) is 11.3. The SMILES string of the molecule is CCNC(=NCCS(=O)(=O)NCC1CCCCO1)NC(C)CCCN(CC)CC. The van der Waals surface area contributed by atoms with Gasteiger partial charge in [0.2, 0.25) is 10.0 Å². The van der Waals surface area contributed by atoms with E-state index >= 15 is 0 Å². The lowest BCUT2D eigenvalue weighted by Gasteiger charge is -2.22. The van der Waals surface area contributed by atoms with E-state index in [1.165, 1.54) is 0 Å². The summed E-state index contributed by atoms with van der Waals surface area (Å²) in [5, 5.41) is 6.58. The summed E-state index contributed by atoms with van der Waals surface area (Å²) in [6.07, 6.45) is 5.24. The fraction of sp³-hybridized carbons (Fsp3) is 0.950. The van der Waals surface area contributed by atoms with Crippen LogP contribution in [0.2, 0.25) is 0 Å². The fourth-order valence-electron chi connectivity index (χ4n) is 3.32. The molecule has 2 atom stereocenters. The molecular formula is C20H43N5O3S. The Labute approximate surface area is 178 Å². The van der Waals surface area contributed by atoms with Gasteiger partial charge in [0.15, 0.2) is 5.96 Å². The van der Waals surface area contributed by atoms with Crippen molar-refractivity contribution in [3.8, 4) is 0 Å². The van der Waals surface area contributed by atoms with E-state index in [2.05, 4.69) is 46.0 Å². The van der Waals surface area contributed by atoms with E-state index in [0.717, 1.165) is 64.9 Å². The van der Waals surface area contributed by atoms with E-state index in [-0.39, 0.29) is 24.4 Å². The minimum atomic E-state index is -3.35. The molecule has 8 nitrogen and oxygen atoms in total. The Morgan fingerprint density at radius 3 is 2.62 bits per heavy atom. The van der Waals surface area contributed by atoms with E-state index in [0.29, 0.717) is 12.5 Å². The summed E-state index contributed by atoms with van der Waals surface area (Å²) >= 11 is 0. The van der Waals surface area contributed by atoms with Gasteiger partial charge in [0.1, 0.15) is 0 Å². The van der Waals surface area contributed by atoms with Crippen LogP contribution in [-0.2, 0) is 14.8 Å². The molecule has 1 fully saturated rings. The molecule has 3 N–H and O–H groups in total. The van der Waals surface area contributed by atoms with Crippen LogP contribution in [0, 0.1) is 0 Å². The lowest BCUT2D eigenvalue weighted by molar-refractivity contribution is 0.0200. The Hall–Kier alpha value is -0.900. The van der Waals surface area contributed by atoms with Crippen molar-refractivity contribution < 1.29 is 13.2 Å². The summed E-state index contributed by atoms with van der Waals surface area (Å²) in [5.41, 5.74) is 0. The van der Waals surface area contributed by atoms with Crippen molar-refractivity contribution in [1.29, 1.82) is 0 Å². The minimum absolute atomic E-state index is 0.00166. The van der Waals surface area contributed by atoms with Gasteiger partial charge in [-0.3, -0.25) is 4.99 Å². The van der Waals surface area contributed by atoms with Crippen LogP contribution in [0.15, 0.2) is 4.99 Å². The molecule has 0 radical (unpaired) electrons. The largest absolute Gasteiger partial charge is 0.377 e. The zero-order chi connectivity index (χ0) is 21.5. The highest BCUT2D eigenvalue weighted by Crippen LogP contribution is 2.11. The van der Waals surface area contributed by atoms with Crippen molar-refractivity contribution in [3.05, 3.63) is 0 Å². The quantitative estimate of drug-likeness (QED) is 0.284. The highest BCUT2D eigenvalue weighted by Gasteiger charge is 2.17. The Morgan fingerprint density at radius 2 is 2.00 bits per heavy atom. The third-order valence-corrected chi connectivity index (χ3v) is 6.49. The van der Waals surface area contributed by atoms with Crippen molar-refractivity contribution in [2.75, 3.05) is 51.6 Å². The van der Waals surface area contributed by atoms with E-state index in [1.807, 2.05) is 6.92 Å². The van der Waals surface area contributed by atoms with Crippen LogP contribution in [0.1, 0.15) is 59.8 Å². The summed E-state index contributed by atoms with van der Waals surface area (Å²) in [4.78, 5) is 6.86. The van der Waals surface area contributed by atoms with E-state index in [4.69, 9.17) is 4.74 Å². The average molecular weight is 434 g/mol. The number of sulfonamides is 1. The van der Waals surface area contributed by atoms with E-state index in [1.54, 1.807) is 0 Å². The van der Waals surface area contributed by atoms with Crippen molar-refractivity contribution in [2.45, 2.75) is 71.9 Å². The summed E-state index contributed by atoms with van der Waals surface area (Å²) in [7, 11) is -3.35. The predicted molar refractivity (Wildman–Crippen MR) is 121 cm³/mol. The number of aliphatic imine (C=N–C) groups is 1. The molecule has 0 amide bonds. The fourth-order valence-corrected chi connectivity index (χ4v) is 4.24. The number of nitrogens with zero attached hydrogens (tertiary/aromatic N) is 2. The molecule has 1 saturated heterocycles. The molecule has 1 aliphatic rings. The number of ether oxygens (including phenoxy) is 1. The molecule has 0 spiro atoms. The zero-order valence-corrected chi connectivity index (χ0v) is 19.7. The van der Waals surface area contributed by atoms with Crippen molar-refractivity contribution in [3.63, 3.8) is 0 Å². The molecule has 29 heavy (non-hydrogen) atoms. The Kier molecular flexibility index (Phi) is 13.5. The molecular weight excluding hydrogens is 390 g/mol. The first-order valence-corrected chi connectivity index (χ1v) is 12.9. The van der Waals surface area contributed by atoms with Gasteiger partial charge in [0.25, 0.3) is 0 Å². The molecule has 9 heteroatoms. The van der Waals surface area contributed by atoms with Crippen LogP contribution in [0.25, 0.3) is 0 Å². The highest BCUT2D eigenvalue weighted by atomic mass is 32.2. The van der Waals surface area contributed by atoms with Crippen LogP contribution >= 0.6 is 0 Å². The lowest BCUT2D eigenvalue weighted by Crippen LogP contribution is -2.43. The number of hydrogen-bond donors (Lipinski definition) is 3. The molecule has 1 heterocycles. The highest BCUT2D eigenvalue weighted by molar-refractivity contribution is 7.89. The monoisotopic (exact) mass is 433 g/mol. The molecule has 172 valence electrons. The summed E-state index contributed by atoms with van der Waals surface area (Å²) in [5.74, 6) is 0.653. The predicted octanol–water partition coefficient (Wildman–Crippen LogP) is 1.54. The van der Waals surface area contributed by atoms with Crippen molar-refractivity contribution in [2.24, 2.45) is 4.99 Å².